The van der Waals surface area contributed by atoms with E-state index in [1.54, 1.807) is 6.08 Å². The molecule has 10 heteroatoms. The Labute approximate surface area is 264 Å². The first-order valence-corrected chi connectivity index (χ1v) is 19.0. The van der Waals surface area contributed by atoms with Gasteiger partial charge in [0, 0.05) is 0 Å². The topological polar surface area (TPSA) is 98.8 Å². The number of esters is 1. The van der Waals surface area contributed by atoms with Gasteiger partial charge in [0.25, 0.3) is 0 Å². The van der Waals surface area contributed by atoms with Crippen LogP contribution in [-0.4, -0.2) is 82.3 Å². The van der Waals surface area contributed by atoms with Crippen molar-refractivity contribution in [1.29, 1.82) is 0 Å². The maximum absolute atomic E-state index is 13.0. The Morgan fingerprint density at radius 1 is 1.02 bits per heavy atom. The van der Waals surface area contributed by atoms with E-state index in [2.05, 4.69) is 33.9 Å². The summed E-state index contributed by atoms with van der Waals surface area (Å²) in [6, 6.07) is 9.78. The molecule has 0 saturated carbocycles. The highest BCUT2D eigenvalue weighted by Gasteiger charge is 2.60. The van der Waals surface area contributed by atoms with Crippen molar-refractivity contribution in [3.8, 4) is 0 Å². The molecule has 3 aliphatic heterocycles. The van der Waals surface area contributed by atoms with E-state index in [0.29, 0.717) is 32.3 Å². The number of ether oxygens (including phenoxy) is 6. The third kappa shape index (κ3) is 8.26. The number of hydrogen-bond acceptors (Lipinski definition) is 9. The summed E-state index contributed by atoms with van der Waals surface area (Å²) in [6.45, 7) is 15.4. The predicted octanol–water partition coefficient (Wildman–Crippen LogP) is 5.90. The Bertz CT molecular complexity index is 1130. The molecule has 1 aromatic rings. The summed E-state index contributed by atoms with van der Waals surface area (Å²) in [5.74, 6) is -1.23. The average molecular weight is 633 g/mol. The highest BCUT2D eigenvalue weighted by molar-refractivity contribution is 6.74. The van der Waals surface area contributed by atoms with Gasteiger partial charge >= 0.3 is 5.97 Å². The highest BCUT2D eigenvalue weighted by atomic mass is 28.4. The summed E-state index contributed by atoms with van der Waals surface area (Å²) in [5.41, 5.74) is 1.01. The number of methoxy groups -OCH3 is 1. The Morgan fingerprint density at radius 3 is 2.34 bits per heavy atom. The molecule has 7 atom stereocenters. The standard InChI is InChI=1S/C34H52O9Si/c1-9-34(10-2)41-31-29-26(19-17-25(39-29)20-28(36)37-6)40-30(32(31)42-34)27(43-44(7,8)33(3,4)5)18-16-24(35)22-38-21-23-14-12-11-13-15-23/h11-16,18,25-27,29-32H,9-10,17,19-22H2,1-8H3/b18-16+/t25-,26+,27+,29+,30-,31+,32-/m1/s1. The highest BCUT2D eigenvalue weighted by Crippen LogP contribution is 2.47. The van der Waals surface area contributed by atoms with E-state index < -0.39 is 44.6 Å². The van der Waals surface area contributed by atoms with E-state index in [0.717, 1.165) is 5.56 Å². The molecule has 246 valence electrons. The maximum Gasteiger partial charge on any atom is 0.308 e. The van der Waals surface area contributed by atoms with Gasteiger partial charge in [-0.15, -0.1) is 0 Å². The summed E-state index contributed by atoms with van der Waals surface area (Å²) >= 11 is 0. The first kappa shape index (κ1) is 34.9. The molecule has 3 fully saturated rings. The zero-order chi connectivity index (χ0) is 32.1. The van der Waals surface area contributed by atoms with Crippen LogP contribution in [0.15, 0.2) is 42.5 Å². The first-order chi connectivity index (χ1) is 20.8. The fourth-order valence-corrected chi connectivity index (χ4v) is 7.11. The molecule has 0 N–H and O–H groups in total. The smallest absolute Gasteiger partial charge is 0.308 e. The molecule has 0 bridgehead atoms. The Morgan fingerprint density at radius 2 is 1.70 bits per heavy atom. The van der Waals surface area contributed by atoms with Crippen molar-refractivity contribution < 1.29 is 42.4 Å². The van der Waals surface area contributed by atoms with E-state index in [9.17, 15) is 9.59 Å². The first-order valence-electron chi connectivity index (χ1n) is 16.0. The fourth-order valence-electron chi connectivity index (χ4n) is 5.87. The molecule has 0 amide bonds. The van der Waals surface area contributed by atoms with Gasteiger partial charge in [-0.2, -0.15) is 0 Å². The van der Waals surface area contributed by atoms with Gasteiger partial charge in [-0.05, 0) is 55.5 Å². The van der Waals surface area contributed by atoms with Crippen LogP contribution in [0.4, 0.5) is 0 Å². The van der Waals surface area contributed by atoms with Crippen LogP contribution >= 0.6 is 0 Å². The Kier molecular flexibility index (Phi) is 11.6. The molecule has 1 aromatic carbocycles. The van der Waals surface area contributed by atoms with E-state index in [1.165, 1.54) is 7.11 Å². The van der Waals surface area contributed by atoms with Crippen molar-refractivity contribution in [3.63, 3.8) is 0 Å². The van der Waals surface area contributed by atoms with Crippen LogP contribution in [0, 0.1) is 0 Å². The molecule has 0 aromatic heterocycles. The van der Waals surface area contributed by atoms with Gasteiger partial charge in [0.05, 0.1) is 38.4 Å². The van der Waals surface area contributed by atoms with Crippen LogP contribution in [0.2, 0.25) is 18.1 Å². The van der Waals surface area contributed by atoms with Gasteiger partial charge in [-0.3, -0.25) is 9.59 Å². The second kappa shape index (κ2) is 14.7. The van der Waals surface area contributed by atoms with Crippen LogP contribution in [0.25, 0.3) is 0 Å². The second-order valence-corrected chi connectivity index (χ2v) is 18.4. The van der Waals surface area contributed by atoms with Crippen LogP contribution in [-0.2, 0) is 49.0 Å². The minimum atomic E-state index is -2.32. The molecule has 0 unspecified atom stereocenters. The molecule has 9 nitrogen and oxygen atoms in total. The number of carbonyl (C=O) groups excluding carboxylic acids is 2. The summed E-state index contributed by atoms with van der Waals surface area (Å²) in [6.07, 6.45) is 3.31. The van der Waals surface area contributed by atoms with E-state index in [-0.39, 0.29) is 42.0 Å². The van der Waals surface area contributed by atoms with Crippen molar-refractivity contribution >= 4 is 20.1 Å². The average Bonchev–Trinajstić information content (AvgIpc) is 3.40. The summed E-state index contributed by atoms with van der Waals surface area (Å²) in [5, 5.41) is -0.0722. The van der Waals surface area contributed by atoms with E-state index >= 15 is 0 Å². The lowest BCUT2D eigenvalue weighted by atomic mass is 9.87. The lowest BCUT2D eigenvalue weighted by molar-refractivity contribution is -0.249. The van der Waals surface area contributed by atoms with Crippen LogP contribution < -0.4 is 0 Å². The van der Waals surface area contributed by atoms with Crippen molar-refractivity contribution in [2.24, 2.45) is 0 Å². The molecular weight excluding hydrogens is 580 g/mol. The third-order valence-electron chi connectivity index (χ3n) is 9.58. The Hall–Kier alpha value is -1.92. The van der Waals surface area contributed by atoms with Gasteiger partial charge in [0.1, 0.15) is 31.0 Å². The van der Waals surface area contributed by atoms with Gasteiger partial charge in [-0.1, -0.05) is 71.0 Å². The number of fused-ring (bicyclic) bond motifs is 3. The number of hydrogen-bond donors (Lipinski definition) is 0. The normalized spacial score (nSPS) is 29.2. The fraction of sp³-hybridized carbons (Fsp3) is 0.706. The number of rotatable bonds is 13. The quantitative estimate of drug-likeness (QED) is 0.150. The van der Waals surface area contributed by atoms with Gasteiger partial charge in [0.15, 0.2) is 19.9 Å². The molecule has 0 aliphatic carbocycles. The predicted molar refractivity (Wildman–Crippen MR) is 169 cm³/mol. The van der Waals surface area contributed by atoms with Crippen LogP contribution in [0.1, 0.15) is 72.3 Å². The monoisotopic (exact) mass is 632 g/mol. The Balaban J connectivity index is 1.58. The largest absolute Gasteiger partial charge is 0.469 e. The van der Waals surface area contributed by atoms with Gasteiger partial charge in [0.2, 0.25) is 0 Å². The minimum absolute atomic E-state index is 0.0374. The van der Waals surface area contributed by atoms with Crippen molar-refractivity contribution in [2.75, 3.05) is 13.7 Å². The van der Waals surface area contributed by atoms with Gasteiger partial charge in [-0.25, -0.2) is 0 Å². The molecule has 3 saturated heterocycles. The summed E-state index contributed by atoms with van der Waals surface area (Å²) < 4.78 is 44.3. The molecule has 0 radical (unpaired) electrons. The minimum Gasteiger partial charge on any atom is -0.469 e. The molecular formula is C34H52O9Si. The van der Waals surface area contributed by atoms with E-state index in [1.807, 2.05) is 50.3 Å². The number of ketones is 1. The lowest BCUT2D eigenvalue weighted by Gasteiger charge is -2.49. The SMILES string of the molecule is CCC1(CC)O[C@@H]2[C@H](O1)[C@@H]([C@H](/C=C/C(=O)COCc1ccccc1)O[Si](C)(C)C(C)(C)C)O[C@H]1CC[C@H](CC(=O)OC)O[C@H]21. The van der Waals surface area contributed by atoms with Crippen LogP contribution in [0.3, 0.4) is 0 Å². The summed E-state index contributed by atoms with van der Waals surface area (Å²) in [4.78, 5) is 25.0. The molecule has 3 aliphatic rings. The summed E-state index contributed by atoms with van der Waals surface area (Å²) in [7, 11) is -0.932. The zero-order valence-electron chi connectivity index (χ0n) is 27.7. The number of benzene rings is 1. The zero-order valence-corrected chi connectivity index (χ0v) is 28.7. The number of carbonyl (C=O) groups is 2. The van der Waals surface area contributed by atoms with Crippen molar-refractivity contribution in [3.05, 3.63) is 48.0 Å². The molecule has 3 heterocycles. The molecule has 4 rings (SSSR count). The van der Waals surface area contributed by atoms with E-state index in [4.69, 9.17) is 32.8 Å². The van der Waals surface area contributed by atoms with Crippen molar-refractivity contribution in [1.82, 2.24) is 0 Å². The molecule has 0 spiro atoms. The third-order valence-corrected chi connectivity index (χ3v) is 14.1. The van der Waals surface area contributed by atoms with Crippen LogP contribution in [0.5, 0.6) is 0 Å². The molecule has 44 heavy (non-hydrogen) atoms. The van der Waals surface area contributed by atoms with Gasteiger partial charge < -0.3 is 32.8 Å². The van der Waals surface area contributed by atoms with Crippen molar-refractivity contribution in [2.45, 2.75) is 140 Å². The maximum atomic E-state index is 13.0. The second-order valence-electron chi connectivity index (χ2n) is 13.6. The lowest BCUT2D eigenvalue weighted by Crippen LogP contribution is -2.63.